The van der Waals surface area contributed by atoms with Gasteiger partial charge in [-0.1, -0.05) is 6.07 Å². The molecule has 3 saturated carbocycles. The molecule has 1 aromatic heterocycles. The van der Waals surface area contributed by atoms with E-state index in [1.165, 1.54) is 43.4 Å². The molecule has 33 heavy (non-hydrogen) atoms. The first-order valence-electron chi connectivity index (χ1n) is 11.8. The number of amides is 2. The molecule has 8 nitrogen and oxygen atoms in total. The van der Waals surface area contributed by atoms with E-state index in [-0.39, 0.29) is 30.7 Å². The van der Waals surface area contributed by atoms with E-state index >= 15 is 0 Å². The summed E-state index contributed by atoms with van der Waals surface area (Å²) in [6, 6.07) is 4.70. The van der Waals surface area contributed by atoms with Crippen molar-refractivity contribution in [3.63, 3.8) is 0 Å². The molecule has 2 aromatic rings. The second-order valence-electron chi connectivity index (χ2n) is 9.98. The molecule has 3 aliphatic carbocycles. The van der Waals surface area contributed by atoms with Gasteiger partial charge >= 0.3 is 5.97 Å². The highest BCUT2D eigenvalue weighted by Crippen LogP contribution is 2.51. The number of hydrogen-bond acceptors (Lipinski definition) is 4. The summed E-state index contributed by atoms with van der Waals surface area (Å²) in [4.78, 5) is 42.3. The van der Waals surface area contributed by atoms with Crippen LogP contribution in [0.1, 0.15) is 73.1 Å². The second kappa shape index (κ2) is 8.01. The Morgan fingerprint density at radius 3 is 2.58 bits per heavy atom. The van der Waals surface area contributed by atoms with Gasteiger partial charge in [0.25, 0.3) is 5.91 Å². The summed E-state index contributed by atoms with van der Waals surface area (Å²) < 4.78 is 2.17. The van der Waals surface area contributed by atoms with Gasteiger partial charge in [0.1, 0.15) is 11.9 Å². The summed E-state index contributed by atoms with van der Waals surface area (Å²) in [7, 11) is 2.07. The van der Waals surface area contributed by atoms with E-state index in [4.69, 9.17) is 15.8 Å². The summed E-state index contributed by atoms with van der Waals surface area (Å²) >= 11 is 0. The fourth-order valence-electron chi connectivity index (χ4n) is 6.15. The number of carbonyl (C=O) groups is 3. The monoisotopic (exact) mass is 450 g/mol. The van der Waals surface area contributed by atoms with Crippen LogP contribution in [0.15, 0.2) is 24.4 Å². The molecule has 8 heteroatoms. The topological polar surface area (TPSA) is 119 Å². The van der Waals surface area contributed by atoms with Crippen molar-refractivity contribution in [1.29, 1.82) is 0 Å². The number of aryl methyl sites for hydroxylation is 1. The molecule has 2 bridgehead atoms. The molecule has 3 fully saturated rings. The zero-order valence-corrected chi connectivity index (χ0v) is 18.9. The Morgan fingerprint density at radius 1 is 1.24 bits per heavy atom. The average Bonchev–Trinajstić information content (AvgIpc) is 3.35. The Bertz CT molecular complexity index is 1120. The van der Waals surface area contributed by atoms with Gasteiger partial charge in [0, 0.05) is 42.8 Å². The predicted octanol–water partition coefficient (Wildman–Crippen LogP) is 2.98. The van der Waals surface area contributed by atoms with E-state index in [0.29, 0.717) is 5.56 Å². The lowest BCUT2D eigenvalue weighted by Crippen LogP contribution is -2.45. The van der Waals surface area contributed by atoms with Crippen LogP contribution >= 0.6 is 0 Å². The summed E-state index contributed by atoms with van der Waals surface area (Å²) in [5.74, 6) is 0.0585. The summed E-state index contributed by atoms with van der Waals surface area (Å²) in [6.07, 6.45) is 9.36. The lowest BCUT2D eigenvalue weighted by Gasteiger charge is -2.45. The number of aliphatic carboxylic acids is 1. The normalized spacial score (nSPS) is 24.7. The highest BCUT2D eigenvalue weighted by atomic mass is 16.4. The number of nitrogens with two attached hydrogens (primary N) is 1. The highest BCUT2D eigenvalue weighted by molar-refractivity contribution is 6.01. The van der Waals surface area contributed by atoms with E-state index < -0.39 is 17.9 Å². The number of carboxylic acids is 1. The Balaban J connectivity index is 1.41. The third-order valence-electron chi connectivity index (χ3n) is 8.01. The van der Waals surface area contributed by atoms with Gasteiger partial charge in [-0.15, -0.1) is 0 Å². The van der Waals surface area contributed by atoms with Crippen LogP contribution in [-0.2, 0) is 28.6 Å². The quantitative estimate of drug-likeness (QED) is 0.672. The van der Waals surface area contributed by atoms with Gasteiger partial charge in [-0.05, 0) is 68.6 Å². The van der Waals surface area contributed by atoms with Crippen molar-refractivity contribution in [3.8, 4) is 11.3 Å². The van der Waals surface area contributed by atoms with E-state index in [1.54, 1.807) is 6.07 Å². The lowest BCUT2D eigenvalue weighted by atomic mass is 9.60. The number of hydrogen-bond donors (Lipinski definition) is 2. The van der Waals surface area contributed by atoms with E-state index in [2.05, 4.69) is 17.8 Å². The molecule has 1 unspecified atom stereocenters. The molecular weight excluding hydrogens is 420 g/mol. The Morgan fingerprint density at radius 2 is 1.94 bits per heavy atom. The smallest absolute Gasteiger partial charge is 0.303 e. The van der Waals surface area contributed by atoms with Gasteiger partial charge in [0.05, 0.1) is 5.69 Å². The Kier molecular flexibility index (Phi) is 5.26. The number of nitrogens with zero attached hydrogens (tertiary/aromatic N) is 3. The van der Waals surface area contributed by atoms with Crippen LogP contribution in [-0.4, -0.2) is 43.4 Å². The van der Waals surface area contributed by atoms with Crippen molar-refractivity contribution in [3.05, 3.63) is 41.3 Å². The van der Waals surface area contributed by atoms with Crippen LogP contribution in [0.2, 0.25) is 0 Å². The maximum absolute atomic E-state index is 12.9. The molecule has 6 rings (SSSR count). The fraction of sp³-hybridized carbons (Fsp3) is 0.520. The van der Waals surface area contributed by atoms with Gasteiger partial charge in [-0.2, -0.15) is 0 Å². The number of benzene rings is 1. The second-order valence-corrected chi connectivity index (χ2v) is 9.98. The number of fused-ring (bicyclic) bond motifs is 4. The number of carboxylic acid groups (broad SMARTS) is 1. The van der Waals surface area contributed by atoms with Crippen LogP contribution in [0.4, 0.5) is 0 Å². The van der Waals surface area contributed by atoms with E-state index in [9.17, 15) is 14.4 Å². The van der Waals surface area contributed by atoms with E-state index in [1.807, 2.05) is 12.1 Å². The number of imidazole rings is 1. The minimum absolute atomic E-state index is 0.00376. The molecule has 0 radical (unpaired) electrons. The minimum Gasteiger partial charge on any atom is -0.481 e. The third-order valence-corrected chi connectivity index (χ3v) is 8.01. The van der Waals surface area contributed by atoms with Crippen LogP contribution in [0.25, 0.3) is 11.3 Å². The molecule has 174 valence electrons. The van der Waals surface area contributed by atoms with Crippen LogP contribution < -0.4 is 5.73 Å². The van der Waals surface area contributed by atoms with Crippen molar-refractivity contribution in [2.45, 2.75) is 69.4 Å². The molecule has 1 atom stereocenters. The van der Waals surface area contributed by atoms with Crippen molar-refractivity contribution >= 4 is 17.8 Å². The largest absolute Gasteiger partial charge is 0.481 e. The van der Waals surface area contributed by atoms with Crippen molar-refractivity contribution < 1.29 is 19.5 Å². The van der Waals surface area contributed by atoms with Crippen molar-refractivity contribution in [2.24, 2.45) is 18.7 Å². The zero-order chi connectivity index (χ0) is 23.3. The molecule has 3 N–H and O–H groups in total. The lowest BCUT2D eigenvalue weighted by molar-refractivity contribution is -0.137. The van der Waals surface area contributed by atoms with Gasteiger partial charge in [0.2, 0.25) is 5.91 Å². The Labute approximate surface area is 192 Å². The molecule has 0 spiro atoms. The van der Waals surface area contributed by atoms with Crippen LogP contribution in [0.3, 0.4) is 0 Å². The van der Waals surface area contributed by atoms with Crippen LogP contribution in [0, 0.1) is 5.92 Å². The Hall–Kier alpha value is -3.16. The number of aromatic nitrogens is 2. The van der Waals surface area contributed by atoms with Gasteiger partial charge in [0.15, 0.2) is 0 Å². The zero-order valence-electron chi connectivity index (χ0n) is 18.9. The summed E-state index contributed by atoms with van der Waals surface area (Å²) in [5, 5.41) is 8.98. The molecule has 1 aromatic carbocycles. The standard InChI is InChI=1S/C25H30N4O4/c1-28-14-19(27-24(28)25-9-6-15(7-10-25)8-11-25)16-2-3-18-17(12-16)13-29(23(18)33)20(22(26)32)4-5-21(30)31/h2-3,12,14-15,20H,4-11,13H2,1H3,(H2,26,32)(H,30,31). The van der Waals surface area contributed by atoms with E-state index in [0.717, 1.165) is 28.6 Å². The maximum atomic E-state index is 12.9. The SMILES string of the molecule is Cn1cc(-c2ccc3c(c2)CN(C(CCC(=O)O)C(N)=O)C3=O)nc1C12CCC(CC1)CC2. The third kappa shape index (κ3) is 3.71. The first-order chi connectivity index (χ1) is 15.8. The molecular formula is C25H30N4O4. The fourth-order valence-corrected chi connectivity index (χ4v) is 6.15. The van der Waals surface area contributed by atoms with Gasteiger partial charge in [-0.3, -0.25) is 14.4 Å². The van der Waals surface area contributed by atoms with Gasteiger partial charge in [-0.25, -0.2) is 4.98 Å². The van der Waals surface area contributed by atoms with Crippen LogP contribution in [0.5, 0.6) is 0 Å². The minimum atomic E-state index is -1.02. The maximum Gasteiger partial charge on any atom is 0.303 e. The molecule has 2 heterocycles. The predicted molar refractivity (Wildman–Crippen MR) is 121 cm³/mol. The molecule has 4 aliphatic rings. The molecule has 2 amide bonds. The van der Waals surface area contributed by atoms with Crippen molar-refractivity contribution in [1.82, 2.24) is 14.5 Å². The highest BCUT2D eigenvalue weighted by Gasteiger charge is 2.44. The summed E-state index contributed by atoms with van der Waals surface area (Å²) in [6.45, 7) is 0.236. The number of rotatable bonds is 7. The average molecular weight is 451 g/mol. The first kappa shape index (κ1) is 21.7. The van der Waals surface area contributed by atoms with Gasteiger partial charge < -0.3 is 20.3 Å². The summed E-state index contributed by atoms with van der Waals surface area (Å²) in [5.41, 5.74) is 8.85. The first-order valence-corrected chi connectivity index (χ1v) is 11.8. The number of primary amides is 1. The molecule has 0 saturated heterocycles. The number of carbonyl (C=O) groups excluding carboxylic acids is 2. The van der Waals surface area contributed by atoms with Crippen molar-refractivity contribution in [2.75, 3.05) is 0 Å². The molecule has 1 aliphatic heterocycles.